The molecule has 1 N–H and O–H groups in total. The molecule has 22 heavy (non-hydrogen) atoms. The number of halogens is 1. The van der Waals surface area contributed by atoms with Gasteiger partial charge < -0.3 is 19.7 Å². The molecule has 122 valence electrons. The van der Waals surface area contributed by atoms with E-state index in [-0.39, 0.29) is 0 Å². The maximum Gasteiger partial charge on any atom is 0.164 e. The normalized spacial score (nSPS) is 19.0. The molecule has 2 aliphatic heterocycles. The van der Waals surface area contributed by atoms with E-state index in [1.54, 1.807) is 0 Å². The molecule has 0 amide bonds. The summed E-state index contributed by atoms with van der Waals surface area (Å²) >= 11 is 6.55. The highest BCUT2D eigenvalue weighted by Crippen LogP contribution is 2.40. The van der Waals surface area contributed by atoms with Crippen molar-refractivity contribution in [3.05, 3.63) is 22.2 Å². The average molecular weight is 325 g/mol. The molecular formula is C17H25ClN2O2. The van der Waals surface area contributed by atoms with Crippen LogP contribution in [0.5, 0.6) is 11.5 Å². The van der Waals surface area contributed by atoms with Crippen LogP contribution >= 0.6 is 11.6 Å². The molecule has 4 nitrogen and oxygen atoms in total. The van der Waals surface area contributed by atoms with Gasteiger partial charge in [0.25, 0.3) is 0 Å². The Kier molecular flexibility index (Phi) is 5.45. The fraction of sp³-hybridized carbons (Fsp3) is 0.647. The summed E-state index contributed by atoms with van der Waals surface area (Å²) in [6.45, 7) is 9.02. The first-order valence-electron chi connectivity index (χ1n) is 8.32. The molecule has 5 heteroatoms. The van der Waals surface area contributed by atoms with E-state index >= 15 is 0 Å². The molecule has 0 aromatic heterocycles. The SMILES string of the molecule is CCc1c(CCN2CCNCC2)c(Cl)cc2c1OCCCO2. The Morgan fingerprint density at radius 1 is 1.18 bits per heavy atom. The van der Waals surface area contributed by atoms with Crippen molar-refractivity contribution >= 4 is 11.6 Å². The van der Waals surface area contributed by atoms with Gasteiger partial charge in [-0.05, 0) is 18.4 Å². The smallest absolute Gasteiger partial charge is 0.164 e. The summed E-state index contributed by atoms with van der Waals surface area (Å²) in [5, 5.41) is 4.21. The Labute approximate surface area is 137 Å². The average Bonchev–Trinajstić information content (AvgIpc) is 2.78. The molecule has 2 aliphatic rings. The lowest BCUT2D eigenvalue weighted by atomic mass is 10.00. The van der Waals surface area contributed by atoms with Gasteiger partial charge in [0, 0.05) is 55.8 Å². The number of benzene rings is 1. The molecule has 0 spiro atoms. The van der Waals surface area contributed by atoms with Crippen LogP contribution in [0.4, 0.5) is 0 Å². The Hall–Kier alpha value is -0.970. The van der Waals surface area contributed by atoms with Crippen LogP contribution in [0, 0.1) is 0 Å². The lowest BCUT2D eigenvalue weighted by molar-refractivity contribution is 0.243. The Bertz CT molecular complexity index is 516. The summed E-state index contributed by atoms with van der Waals surface area (Å²) in [4.78, 5) is 2.50. The molecule has 3 rings (SSSR count). The second kappa shape index (κ2) is 7.53. The summed E-state index contributed by atoms with van der Waals surface area (Å²) in [7, 11) is 0. The highest BCUT2D eigenvalue weighted by atomic mass is 35.5. The summed E-state index contributed by atoms with van der Waals surface area (Å²) in [6.07, 6.45) is 2.81. The van der Waals surface area contributed by atoms with Crippen LogP contribution in [0.3, 0.4) is 0 Å². The largest absolute Gasteiger partial charge is 0.489 e. The van der Waals surface area contributed by atoms with Crippen LogP contribution in [0.15, 0.2) is 6.07 Å². The molecule has 1 aromatic rings. The number of rotatable bonds is 4. The molecule has 1 aromatic carbocycles. The van der Waals surface area contributed by atoms with Crippen molar-refractivity contribution in [3.8, 4) is 11.5 Å². The van der Waals surface area contributed by atoms with E-state index in [1.807, 2.05) is 6.07 Å². The number of ether oxygens (including phenoxy) is 2. The fourth-order valence-corrected chi connectivity index (χ4v) is 3.53. The van der Waals surface area contributed by atoms with Crippen molar-refractivity contribution in [2.24, 2.45) is 0 Å². The van der Waals surface area contributed by atoms with Crippen molar-refractivity contribution in [2.45, 2.75) is 26.2 Å². The molecule has 0 aliphatic carbocycles. The first kappa shape index (κ1) is 15.9. The zero-order chi connectivity index (χ0) is 15.4. The fourth-order valence-electron chi connectivity index (χ4n) is 3.23. The molecule has 0 radical (unpaired) electrons. The first-order valence-corrected chi connectivity index (χ1v) is 8.70. The number of nitrogens with zero attached hydrogens (tertiary/aromatic N) is 1. The predicted molar refractivity (Wildman–Crippen MR) is 89.5 cm³/mol. The van der Waals surface area contributed by atoms with E-state index in [2.05, 4.69) is 17.1 Å². The van der Waals surface area contributed by atoms with E-state index < -0.39 is 0 Å². The van der Waals surface area contributed by atoms with Gasteiger partial charge in [0.1, 0.15) is 0 Å². The van der Waals surface area contributed by atoms with Gasteiger partial charge in [-0.2, -0.15) is 0 Å². The van der Waals surface area contributed by atoms with Crippen LogP contribution in [-0.2, 0) is 12.8 Å². The van der Waals surface area contributed by atoms with Crippen molar-refractivity contribution < 1.29 is 9.47 Å². The van der Waals surface area contributed by atoms with Gasteiger partial charge in [0.15, 0.2) is 11.5 Å². The topological polar surface area (TPSA) is 33.7 Å². The van der Waals surface area contributed by atoms with Crippen LogP contribution in [-0.4, -0.2) is 50.8 Å². The minimum atomic E-state index is 0.701. The van der Waals surface area contributed by atoms with Crippen molar-refractivity contribution in [2.75, 3.05) is 45.9 Å². The molecule has 0 unspecified atom stereocenters. The summed E-state index contributed by atoms with van der Waals surface area (Å²) in [5.41, 5.74) is 2.45. The quantitative estimate of drug-likeness (QED) is 0.922. The second-order valence-corrected chi connectivity index (χ2v) is 6.30. The number of hydrogen-bond donors (Lipinski definition) is 1. The van der Waals surface area contributed by atoms with E-state index in [9.17, 15) is 0 Å². The van der Waals surface area contributed by atoms with E-state index in [4.69, 9.17) is 21.1 Å². The summed E-state index contributed by atoms with van der Waals surface area (Å²) in [5.74, 6) is 1.73. The lowest BCUT2D eigenvalue weighted by Crippen LogP contribution is -2.44. The number of piperazine rings is 1. The number of hydrogen-bond acceptors (Lipinski definition) is 4. The van der Waals surface area contributed by atoms with Crippen molar-refractivity contribution in [1.29, 1.82) is 0 Å². The van der Waals surface area contributed by atoms with Crippen LogP contribution < -0.4 is 14.8 Å². The van der Waals surface area contributed by atoms with Crippen LogP contribution in [0.25, 0.3) is 0 Å². The molecule has 1 saturated heterocycles. The highest BCUT2D eigenvalue weighted by molar-refractivity contribution is 6.31. The lowest BCUT2D eigenvalue weighted by Gasteiger charge is -2.28. The minimum Gasteiger partial charge on any atom is -0.489 e. The highest BCUT2D eigenvalue weighted by Gasteiger charge is 2.21. The van der Waals surface area contributed by atoms with Crippen LogP contribution in [0.1, 0.15) is 24.5 Å². The third-order valence-electron chi connectivity index (χ3n) is 4.44. The van der Waals surface area contributed by atoms with E-state index in [0.29, 0.717) is 6.61 Å². The summed E-state index contributed by atoms with van der Waals surface area (Å²) in [6, 6.07) is 1.94. The maximum atomic E-state index is 6.55. The van der Waals surface area contributed by atoms with Gasteiger partial charge in [0.2, 0.25) is 0 Å². The Balaban J connectivity index is 1.81. The van der Waals surface area contributed by atoms with Crippen LogP contribution in [0.2, 0.25) is 5.02 Å². The molecule has 0 atom stereocenters. The van der Waals surface area contributed by atoms with Gasteiger partial charge in [0.05, 0.1) is 13.2 Å². The molecular weight excluding hydrogens is 300 g/mol. The molecule has 2 heterocycles. The first-order chi connectivity index (χ1) is 10.8. The Morgan fingerprint density at radius 2 is 1.95 bits per heavy atom. The second-order valence-electron chi connectivity index (χ2n) is 5.89. The minimum absolute atomic E-state index is 0.701. The van der Waals surface area contributed by atoms with E-state index in [1.165, 1.54) is 11.1 Å². The van der Waals surface area contributed by atoms with Gasteiger partial charge in [-0.15, -0.1) is 0 Å². The summed E-state index contributed by atoms with van der Waals surface area (Å²) < 4.78 is 11.7. The van der Waals surface area contributed by atoms with Gasteiger partial charge in [-0.25, -0.2) is 0 Å². The number of fused-ring (bicyclic) bond motifs is 1. The van der Waals surface area contributed by atoms with Gasteiger partial charge in [-0.3, -0.25) is 0 Å². The van der Waals surface area contributed by atoms with E-state index in [0.717, 1.165) is 75.1 Å². The van der Waals surface area contributed by atoms with Crippen molar-refractivity contribution in [3.63, 3.8) is 0 Å². The third-order valence-corrected chi connectivity index (χ3v) is 4.78. The molecule has 0 saturated carbocycles. The predicted octanol–water partition coefficient (Wildman–Crippen LogP) is 2.51. The maximum absolute atomic E-state index is 6.55. The van der Waals surface area contributed by atoms with Crippen molar-refractivity contribution in [1.82, 2.24) is 10.2 Å². The zero-order valence-corrected chi connectivity index (χ0v) is 14.0. The standard InChI is InChI=1S/C17H25ClN2O2/c1-2-13-14(4-7-20-8-5-19-6-9-20)15(18)12-16-17(13)22-11-3-10-21-16/h12,19H,2-11H2,1H3. The van der Waals surface area contributed by atoms with Gasteiger partial charge in [-0.1, -0.05) is 18.5 Å². The molecule has 1 fully saturated rings. The van der Waals surface area contributed by atoms with Gasteiger partial charge >= 0.3 is 0 Å². The molecule has 0 bridgehead atoms. The Morgan fingerprint density at radius 3 is 2.73 bits per heavy atom. The number of nitrogens with one attached hydrogen (secondary N) is 1. The third kappa shape index (κ3) is 3.50. The zero-order valence-electron chi connectivity index (χ0n) is 13.3. The monoisotopic (exact) mass is 324 g/mol.